The zero-order chi connectivity index (χ0) is 18.1. The molecule has 0 saturated carbocycles. The van der Waals surface area contributed by atoms with Gasteiger partial charge >= 0.3 is 6.03 Å². The Morgan fingerprint density at radius 3 is 2.60 bits per heavy atom. The number of rotatable bonds is 8. The van der Waals surface area contributed by atoms with Crippen molar-refractivity contribution in [3.63, 3.8) is 0 Å². The summed E-state index contributed by atoms with van der Waals surface area (Å²) in [6, 6.07) is 13.4. The molecule has 2 aromatic carbocycles. The van der Waals surface area contributed by atoms with Gasteiger partial charge in [0.1, 0.15) is 0 Å². The minimum atomic E-state index is -0.196. The molecule has 5 heteroatoms. The van der Waals surface area contributed by atoms with Crippen molar-refractivity contribution >= 4 is 11.7 Å². The molecule has 0 unspecified atom stereocenters. The van der Waals surface area contributed by atoms with Gasteiger partial charge in [-0.25, -0.2) is 4.79 Å². The number of methoxy groups -OCH3 is 1. The van der Waals surface area contributed by atoms with E-state index in [1.807, 2.05) is 49.4 Å². The standard InChI is InChI=1S/C20H26N2O3/c1-4-16-8-6-7-9-17(16)22-20(23)21-13-12-15-10-11-18(25-5-2)19(14-15)24-3/h6-11,14H,4-5,12-13H2,1-3H3,(H2,21,22,23). The summed E-state index contributed by atoms with van der Waals surface area (Å²) >= 11 is 0. The SMILES string of the molecule is CCOc1ccc(CCNC(=O)Nc2ccccc2CC)cc1OC. The number of hydrogen-bond acceptors (Lipinski definition) is 3. The first-order chi connectivity index (χ1) is 12.2. The highest BCUT2D eigenvalue weighted by Crippen LogP contribution is 2.28. The maximum Gasteiger partial charge on any atom is 0.319 e. The van der Waals surface area contributed by atoms with Crippen LogP contribution >= 0.6 is 0 Å². The van der Waals surface area contributed by atoms with E-state index >= 15 is 0 Å². The van der Waals surface area contributed by atoms with Gasteiger partial charge in [0.25, 0.3) is 0 Å². The van der Waals surface area contributed by atoms with E-state index in [1.165, 1.54) is 0 Å². The Morgan fingerprint density at radius 2 is 1.88 bits per heavy atom. The van der Waals surface area contributed by atoms with Crippen LogP contribution in [0.15, 0.2) is 42.5 Å². The second-order valence-electron chi connectivity index (χ2n) is 5.56. The molecular weight excluding hydrogens is 316 g/mol. The van der Waals surface area contributed by atoms with Crippen molar-refractivity contribution in [3.05, 3.63) is 53.6 Å². The highest BCUT2D eigenvalue weighted by Gasteiger charge is 2.07. The van der Waals surface area contributed by atoms with Crippen molar-refractivity contribution in [1.29, 1.82) is 0 Å². The number of amides is 2. The molecule has 0 atom stereocenters. The topological polar surface area (TPSA) is 59.6 Å². The van der Waals surface area contributed by atoms with E-state index in [2.05, 4.69) is 17.6 Å². The lowest BCUT2D eigenvalue weighted by molar-refractivity contribution is 0.252. The third-order valence-corrected chi connectivity index (χ3v) is 3.87. The Morgan fingerprint density at radius 1 is 1.08 bits per heavy atom. The van der Waals surface area contributed by atoms with Gasteiger partial charge in [-0.05, 0) is 49.1 Å². The third-order valence-electron chi connectivity index (χ3n) is 3.87. The molecule has 0 fully saturated rings. The predicted octanol–water partition coefficient (Wildman–Crippen LogP) is 4.02. The summed E-state index contributed by atoms with van der Waals surface area (Å²) in [6.07, 6.45) is 1.59. The number of para-hydroxylation sites is 1. The van der Waals surface area contributed by atoms with Crippen molar-refractivity contribution in [2.24, 2.45) is 0 Å². The van der Waals surface area contributed by atoms with Crippen molar-refractivity contribution in [2.75, 3.05) is 25.6 Å². The Bertz CT molecular complexity index is 701. The van der Waals surface area contributed by atoms with Crippen LogP contribution in [-0.4, -0.2) is 26.3 Å². The van der Waals surface area contributed by atoms with Crippen LogP contribution in [0.1, 0.15) is 25.0 Å². The fraction of sp³-hybridized carbons (Fsp3) is 0.350. The zero-order valence-electron chi connectivity index (χ0n) is 15.1. The summed E-state index contributed by atoms with van der Waals surface area (Å²) in [5.41, 5.74) is 3.05. The molecule has 0 aliphatic carbocycles. The second kappa shape index (κ2) is 9.57. The number of nitrogens with one attached hydrogen (secondary N) is 2. The predicted molar refractivity (Wildman–Crippen MR) is 101 cm³/mol. The van der Waals surface area contributed by atoms with Crippen LogP contribution in [0.2, 0.25) is 0 Å². The third kappa shape index (κ3) is 5.41. The fourth-order valence-electron chi connectivity index (χ4n) is 2.58. The molecular formula is C20H26N2O3. The number of ether oxygens (including phenoxy) is 2. The lowest BCUT2D eigenvalue weighted by Crippen LogP contribution is -2.30. The number of carbonyl (C=O) groups excluding carboxylic acids is 1. The van der Waals surface area contributed by atoms with E-state index in [9.17, 15) is 4.79 Å². The average molecular weight is 342 g/mol. The Kier molecular flexibility index (Phi) is 7.14. The molecule has 0 heterocycles. The lowest BCUT2D eigenvalue weighted by atomic mass is 10.1. The largest absolute Gasteiger partial charge is 0.493 e. The van der Waals surface area contributed by atoms with E-state index in [4.69, 9.17) is 9.47 Å². The van der Waals surface area contributed by atoms with Gasteiger partial charge in [-0.1, -0.05) is 31.2 Å². The summed E-state index contributed by atoms with van der Waals surface area (Å²) in [4.78, 5) is 12.1. The first kappa shape index (κ1) is 18.6. The quantitative estimate of drug-likeness (QED) is 0.762. The second-order valence-corrected chi connectivity index (χ2v) is 5.56. The molecule has 0 aliphatic rings. The van der Waals surface area contributed by atoms with Gasteiger partial charge in [-0.15, -0.1) is 0 Å². The van der Waals surface area contributed by atoms with Crippen LogP contribution in [0.5, 0.6) is 11.5 Å². The van der Waals surface area contributed by atoms with Crippen molar-refractivity contribution in [1.82, 2.24) is 5.32 Å². The van der Waals surface area contributed by atoms with Gasteiger partial charge in [-0.2, -0.15) is 0 Å². The monoisotopic (exact) mass is 342 g/mol. The first-order valence-electron chi connectivity index (χ1n) is 8.60. The number of aryl methyl sites for hydroxylation is 1. The van der Waals surface area contributed by atoms with E-state index in [-0.39, 0.29) is 6.03 Å². The molecule has 0 saturated heterocycles. The summed E-state index contributed by atoms with van der Waals surface area (Å²) < 4.78 is 10.9. The van der Waals surface area contributed by atoms with Crippen LogP contribution in [0.4, 0.5) is 10.5 Å². The van der Waals surface area contributed by atoms with E-state index < -0.39 is 0 Å². The number of hydrogen-bond donors (Lipinski definition) is 2. The highest BCUT2D eigenvalue weighted by molar-refractivity contribution is 5.90. The summed E-state index contributed by atoms with van der Waals surface area (Å²) in [6.45, 7) is 5.14. The molecule has 2 amide bonds. The number of urea groups is 1. The van der Waals surface area contributed by atoms with Gasteiger partial charge in [-0.3, -0.25) is 0 Å². The minimum Gasteiger partial charge on any atom is -0.493 e. The summed E-state index contributed by atoms with van der Waals surface area (Å²) in [5, 5.41) is 5.79. The smallest absolute Gasteiger partial charge is 0.319 e. The Labute approximate surface area is 149 Å². The van der Waals surface area contributed by atoms with Crippen LogP contribution in [0.3, 0.4) is 0 Å². The molecule has 2 aromatic rings. The van der Waals surface area contributed by atoms with Gasteiger partial charge in [0.2, 0.25) is 0 Å². The van der Waals surface area contributed by atoms with Gasteiger partial charge in [0, 0.05) is 12.2 Å². The van der Waals surface area contributed by atoms with Crippen LogP contribution in [0.25, 0.3) is 0 Å². The Balaban J connectivity index is 1.86. The molecule has 0 spiro atoms. The molecule has 0 radical (unpaired) electrons. The molecule has 0 aromatic heterocycles. The lowest BCUT2D eigenvalue weighted by Gasteiger charge is -2.12. The highest BCUT2D eigenvalue weighted by atomic mass is 16.5. The molecule has 2 rings (SSSR count). The minimum absolute atomic E-state index is 0.196. The van der Waals surface area contributed by atoms with Crippen LogP contribution < -0.4 is 20.1 Å². The van der Waals surface area contributed by atoms with E-state index in [0.717, 1.165) is 29.0 Å². The summed E-state index contributed by atoms with van der Waals surface area (Å²) in [5.74, 6) is 1.44. The fourth-order valence-corrected chi connectivity index (χ4v) is 2.58. The first-order valence-corrected chi connectivity index (χ1v) is 8.60. The maximum absolute atomic E-state index is 12.1. The van der Waals surface area contributed by atoms with Crippen molar-refractivity contribution in [2.45, 2.75) is 26.7 Å². The van der Waals surface area contributed by atoms with E-state index in [1.54, 1.807) is 7.11 Å². The van der Waals surface area contributed by atoms with Crippen molar-refractivity contribution in [3.8, 4) is 11.5 Å². The van der Waals surface area contributed by atoms with Crippen LogP contribution in [-0.2, 0) is 12.8 Å². The van der Waals surface area contributed by atoms with Gasteiger partial charge in [0.05, 0.1) is 13.7 Å². The molecule has 2 N–H and O–H groups in total. The number of carbonyl (C=O) groups is 1. The van der Waals surface area contributed by atoms with E-state index in [0.29, 0.717) is 25.3 Å². The summed E-state index contributed by atoms with van der Waals surface area (Å²) in [7, 11) is 1.62. The molecule has 5 nitrogen and oxygen atoms in total. The normalized spacial score (nSPS) is 10.2. The zero-order valence-corrected chi connectivity index (χ0v) is 15.1. The molecule has 0 aliphatic heterocycles. The average Bonchev–Trinajstić information content (AvgIpc) is 2.63. The Hall–Kier alpha value is -2.69. The molecule has 0 bridgehead atoms. The van der Waals surface area contributed by atoms with Crippen molar-refractivity contribution < 1.29 is 14.3 Å². The van der Waals surface area contributed by atoms with Crippen LogP contribution in [0, 0.1) is 0 Å². The maximum atomic E-state index is 12.1. The molecule has 134 valence electrons. The van der Waals surface area contributed by atoms with Gasteiger partial charge in [0.15, 0.2) is 11.5 Å². The number of benzene rings is 2. The molecule has 25 heavy (non-hydrogen) atoms. The number of anilines is 1. The van der Waals surface area contributed by atoms with Gasteiger partial charge < -0.3 is 20.1 Å².